The minimum atomic E-state index is -0.766. The van der Waals surface area contributed by atoms with Crippen LogP contribution in [0.3, 0.4) is 0 Å². The van der Waals surface area contributed by atoms with E-state index in [1.807, 2.05) is 12.1 Å². The van der Waals surface area contributed by atoms with Gasteiger partial charge < -0.3 is 10.4 Å². The molecule has 0 bridgehead atoms. The van der Waals surface area contributed by atoms with Gasteiger partial charge in [-0.05, 0) is 25.1 Å². The molecule has 0 aromatic carbocycles. The molecular formula is C12H14N4O2. The summed E-state index contributed by atoms with van der Waals surface area (Å²) < 4.78 is 1.74. The van der Waals surface area contributed by atoms with Gasteiger partial charge in [0.25, 0.3) is 0 Å². The fourth-order valence-corrected chi connectivity index (χ4v) is 2.57. The molecule has 1 aliphatic rings. The number of imidazole rings is 1. The van der Waals surface area contributed by atoms with Gasteiger partial charge in [0.15, 0.2) is 5.65 Å². The molecule has 6 heteroatoms. The molecule has 1 saturated heterocycles. The quantitative estimate of drug-likeness (QED) is 0.807. The summed E-state index contributed by atoms with van der Waals surface area (Å²) in [5.74, 6) is -1.22. The maximum atomic E-state index is 11.3. The predicted molar refractivity (Wildman–Crippen MR) is 64.3 cm³/mol. The van der Waals surface area contributed by atoms with Crippen molar-refractivity contribution in [1.82, 2.24) is 19.9 Å². The van der Waals surface area contributed by atoms with Crippen LogP contribution in [-0.4, -0.2) is 38.8 Å². The third-order valence-electron chi connectivity index (χ3n) is 3.48. The number of fused-ring (bicyclic) bond motifs is 1. The van der Waals surface area contributed by atoms with Crippen molar-refractivity contribution >= 4 is 11.6 Å². The summed E-state index contributed by atoms with van der Waals surface area (Å²) in [5, 5.41) is 16.7. The van der Waals surface area contributed by atoms with Crippen LogP contribution in [-0.2, 0) is 4.79 Å². The van der Waals surface area contributed by atoms with Crippen LogP contribution in [0.4, 0.5) is 0 Å². The number of carboxylic acids is 1. The number of carbonyl (C=O) groups is 1. The van der Waals surface area contributed by atoms with Crippen LogP contribution >= 0.6 is 0 Å². The van der Waals surface area contributed by atoms with Crippen LogP contribution in [0.15, 0.2) is 24.5 Å². The topological polar surface area (TPSA) is 79.5 Å². The van der Waals surface area contributed by atoms with E-state index in [2.05, 4.69) is 15.4 Å². The van der Waals surface area contributed by atoms with E-state index in [1.165, 1.54) is 0 Å². The Hall–Kier alpha value is -1.95. The molecule has 2 atom stereocenters. The van der Waals surface area contributed by atoms with Crippen molar-refractivity contribution in [1.29, 1.82) is 0 Å². The van der Waals surface area contributed by atoms with E-state index in [-0.39, 0.29) is 5.92 Å². The molecule has 2 aromatic heterocycles. The highest BCUT2D eigenvalue weighted by Crippen LogP contribution is 2.30. The molecule has 3 heterocycles. The maximum absolute atomic E-state index is 11.3. The average Bonchev–Trinajstić information content (AvgIpc) is 2.82. The summed E-state index contributed by atoms with van der Waals surface area (Å²) in [4.78, 5) is 15.6. The summed E-state index contributed by atoms with van der Waals surface area (Å²) >= 11 is 0. The lowest BCUT2D eigenvalue weighted by Crippen LogP contribution is -2.40. The largest absolute Gasteiger partial charge is 0.481 e. The first-order chi connectivity index (χ1) is 8.77. The zero-order chi connectivity index (χ0) is 12.5. The number of nitrogens with one attached hydrogen (secondary N) is 1. The molecule has 0 spiro atoms. The van der Waals surface area contributed by atoms with Gasteiger partial charge in [-0.15, -0.1) is 0 Å². The van der Waals surface area contributed by atoms with Crippen LogP contribution in [0.2, 0.25) is 0 Å². The number of nitrogens with zero attached hydrogens (tertiary/aromatic N) is 3. The van der Waals surface area contributed by atoms with E-state index in [9.17, 15) is 9.90 Å². The van der Waals surface area contributed by atoms with Gasteiger partial charge in [-0.25, -0.2) is 9.50 Å². The number of aliphatic carboxylic acids is 1. The Bertz CT molecular complexity index is 580. The second-order valence-electron chi connectivity index (χ2n) is 4.52. The van der Waals surface area contributed by atoms with Gasteiger partial charge in [-0.1, -0.05) is 0 Å². The van der Waals surface area contributed by atoms with Crippen LogP contribution in [0, 0.1) is 5.92 Å². The molecule has 0 saturated carbocycles. The van der Waals surface area contributed by atoms with Crippen molar-refractivity contribution < 1.29 is 9.90 Å². The van der Waals surface area contributed by atoms with Crippen LogP contribution in [0.25, 0.3) is 5.65 Å². The van der Waals surface area contributed by atoms with Crippen LogP contribution < -0.4 is 5.32 Å². The lowest BCUT2D eigenvalue weighted by Gasteiger charge is -2.28. The Morgan fingerprint density at radius 1 is 1.56 bits per heavy atom. The minimum absolute atomic E-state index is 0.0337. The Kier molecular flexibility index (Phi) is 2.71. The second kappa shape index (κ2) is 4.38. The number of hydrogen-bond donors (Lipinski definition) is 2. The Morgan fingerprint density at radius 3 is 3.28 bits per heavy atom. The number of carboxylic acid groups (broad SMARTS) is 1. The van der Waals surface area contributed by atoms with Gasteiger partial charge in [0.2, 0.25) is 0 Å². The van der Waals surface area contributed by atoms with E-state index in [0.29, 0.717) is 6.54 Å². The molecule has 3 rings (SSSR count). The van der Waals surface area contributed by atoms with E-state index < -0.39 is 11.9 Å². The van der Waals surface area contributed by atoms with Crippen LogP contribution in [0.1, 0.15) is 18.0 Å². The monoisotopic (exact) mass is 246 g/mol. The highest BCUT2D eigenvalue weighted by molar-refractivity contribution is 5.72. The zero-order valence-corrected chi connectivity index (χ0v) is 9.78. The van der Waals surface area contributed by atoms with Gasteiger partial charge in [0.05, 0.1) is 17.8 Å². The molecule has 6 nitrogen and oxygen atoms in total. The molecule has 2 aromatic rings. The van der Waals surface area contributed by atoms with Gasteiger partial charge in [-0.3, -0.25) is 4.79 Å². The molecule has 18 heavy (non-hydrogen) atoms. The number of hydrogen-bond acceptors (Lipinski definition) is 4. The SMILES string of the molecule is O=C(O)C1CNCCC1c1cnc2cccnn12. The fraction of sp³-hybridized carbons (Fsp3) is 0.417. The summed E-state index contributed by atoms with van der Waals surface area (Å²) in [5.41, 5.74) is 1.65. The summed E-state index contributed by atoms with van der Waals surface area (Å²) in [7, 11) is 0. The Labute approximate surface area is 104 Å². The van der Waals surface area contributed by atoms with Gasteiger partial charge in [0.1, 0.15) is 0 Å². The maximum Gasteiger partial charge on any atom is 0.308 e. The molecule has 0 radical (unpaired) electrons. The van der Waals surface area contributed by atoms with E-state index in [1.54, 1.807) is 16.9 Å². The van der Waals surface area contributed by atoms with E-state index in [0.717, 1.165) is 24.3 Å². The molecule has 1 aliphatic heterocycles. The molecule has 94 valence electrons. The highest BCUT2D eigenvalue weighted by atomic mass is 16.4. The van der Waals surface area contributed by atoms with Crippen molar-refractivity contribution in [2.24, 2.45) is 5.92 Å². The van der Waals surface area contributed by atoms with Crippen LogP contribution in [0.5, 0.6) is 0 Å². The molecule has 0 aliphatic carbocycles. The Morgan fingerprint density at radius 2 is 2.44 bits per heavy atom. The third kappa shape index (κ3) is 1.74. The standard InChI is InChI=1S/C12H14N4O2/c17-12(18)9-6-13-5-3-8(9)10-7-14-11-2-1-4-15-16(10)11/h1-2,4,7-9,13H,3,5-6H2,(H,17,18). The summed E-state index contributed by atoms with van der Waals surface area (Å²) in [6.07, 6.45) is 4.23. The first kappa shape index (κ1) is 11.2. The number of rotatable bonds is 2. The first-order valence-electron chi connectivity index (χ1n) is 5.99. The zero-order valence-electron chi connectivity index (χ0n) is 9.78. The summed E-state index contributed by atoms with van der Waals surface area (Å²) in [6.45, 7) is 1.33. The number of piperidine rings is 1. The minimum Gasteiger partial charge on any atom is -0.481 e. The fourth-order valence-electron chi connectivity index (χ4n) is 2.57. The first-order valence-corrected chi connectivity index (χ1v) is 5.99. The van der Waals surface area contributed by atoms with Crippen molar-refractivity contribution in [2.45, 2.75) is 12.3 Å². The highest BCUT2D eigenvalue weighted by Gasteiger charge is 2.33. The van der Waals surface area contributed by atoms with E-state index in [4.69, 9.17) is 0 Å². The Balaban J connectivity index is 2.04. The van der Waals surface area contributed by atoms with E-state index >= 15 is 0 Å². The van der Waals surface area contributed by atoms with Gasteiger partial charge in [-0.2, -0.15) is 5.10 Å². The normalized spacial score (nSPS) is 24.2. The molecule has 1 fully saturated rings. The molecule has 2 unspecified atom stereocenters. The second-order valence-corrected chi connectivity index (χ2v) is 4.52. The van der Waals surface area contributed by atoms with Crippen molar-refractivity contribution in [3.05, 3.63) is 30.2 Å². The average molecular weight is 246 g/mol. The van der Waals surface area contributed by atoms with Gasteiger partial charge >= 0.3 is 5.97 Å². The predicted octanol–water partition coefficient (Wildman–Crippen LogP) is 0.507. The van der Waals surface area contributed by atoms with Crippen molar-refractivity contribution in [2.75, 3.05) is 13.1 Å². The lowest BCUT2D eigenvalue weighted by atomic mass is 9.84. The lowest BCUT2D eigenvalue weighted by molar-refractivity contribution is -0.143. The number of aromatic nitrogens is 3. The molecule has 0 amide bonds. The third-order valence-corrected chi connectivity index (χ3v) is 3.48. The molecule has 2 N–H and O–H groups in total. The van der Waals surface area contributed by atoms with Gasteiger partial charge in [0, 0.05) is 18.7 Å². The smallest absolute Gasteiger partial charge is 0.308 e. The molecular weight excluding hydrogens is 232 g/mol. The summed E-state index contributed by atoms with van der Waals surface area (Å²) in [6, 6.07) is 3.69. The van der Waals surface area contributed by atoms with Crippen molar-refractivity contribution in [3.63, 3.8) is 0 Å². The van der Waals surface area contributed by atoms with Crippen molar-refractivity contribution in [3.8, 4) is 0 Å².